The van der Waals surface area contributed by atoms with Crippen molar-refractivity contribution in [3.05, 3.63) is 21.6 Å². The molecule has 1 rings (SSSR count). The molecule has 0 radical (unpaired) electrons. The van der Waals surface area contributed by atoms with Crippen LogP contribution in [-0.2, 0) is 19.4 Å². The third-order valence-corrected chi connectivity index (χ3v) is 3.11. The van der Waals surface area contributed by atoms with E-state index in [9.17, 15) is 4.79 Å². The Morgan fingerprint density at radius 3 is 2.33 bits per heavy atom. The molecule has 1 aromatic heterocycles. The Kier molecular flexibility index (Phi) is 5.70. The second-order valence-electron chi connectivity index (χ2n) is 6.07. The van der Waals surface area contributed by atoms with Gasteiger partial charge in [-0.2, -0.15) is 0 Å². The molecule has 18 heavy (non-hydrogen) atoms. The summed E-state index contributed by atoms with van der Waals surface area (Å²) in [6.45, 7) is 11.9. The van der Waals surface area contributed by atoms with Crippen molar-refractivity contribution in [3.8, 4) is 0 Å². The molecule has 0 aliphatic heterocycles. The van der Waals surface area contributed by atoms with Gasteiger partial charge in [0.1, 0.15) is 0 Å². The Hall–Kier alpha value is -0.990. The van der Waals surface area contributed by atoms with Gasteiger partial charge in [-0.05, 0) is 31.1 Å². The van der Waals surface area contributed by atoms with Crippen LogP contribution in [0.1, 0.15) is 58.7 Å². The van der Waals surface area contributed by atoms with E-state index < -0.39 is 0 Å². The highest BCUT2D eigenvalue weighted by atomic mass is 16.1. The van der Waals surface area contributed by atoms with Gasteiger partial charge in [0.2, 0.25) is 0 Å². The summed E-state index contributed by atoms with van der Waals surface area (Å²) in [5, 5.41) is 3.02. The quantitative estimate of drug-likeness (QED) is 0.793. The fourth-order valence-electron chi connectivity index (χ4n) is 2.30. The van der Waals surface area contributed by atoms with E-state index in [4.69, 9.17) is 0 Å². The van der Waals surface area contributed by atoms with Gasteiger partial charge in [-0.3, -0.25) is 14.6 Å². The number of aromatic nitrogens is 2. The van der Waals surface area contributed by atoms with Gasteiger partial charge >= 0.3 is 0 Å². The lowest BCUT2D eigenvalue weighted by atomic mass is 10.0. The zero-order chi connectivity index (χ0) is 13.7. The molecule has 0 saturated carbocycles. The molecule has 0 aliphatic carbocycles. The standard InChI is InChI=1S/C15H28N2O/c1-6-7-8-13-14(9-11(2)3)17(10-12(4)5)16-15(13)18/h11-12H,6-10H2,1-5H3,(H,16,18). The molecular weight excluding hydrogens is 224 g/mol. The second-order valence-corrected chi connectivity index (χ2v) is 6.07. The second kappa shape index (κ2) is 6.81. The molecule has 0 spiro atoms. The van der Waals surface area contributed by atoms with E-state index in [0.29, 0.717) is 11.8 Å². The normalized spacial score (nSPS) is 11.7. The molecule has 3 nitrogen and oxygen atoms in total. The van der Waals surface area contributed by atoms with Gasteiger partial charge in [-0.15, -0.1) is 0 Å². The lowest BCUT2D eigenvalue weighted by Gasteiger charge is -2.13. The van der Waals surface area contributed by atoms with E-state index in [-0.39, 0.29) is 5.56 Å². The van der Waals surface area contributed by atoms with Gasteiger partial charge in [0.15, 0.2) is 0 Å². The number of aromatic amines is 1. The van der Waals surface area contributed by atoms with Crippen molar-refractivity contribution in [2.75, 3.05) is 0 Å². The molecule has 0 aliphatic rings. The van der Waals surface area contributed by atoms with Crippen LogP contribution in [-0.4, -0.2) is 9.78 Å². The molecular formula is C15H28N2O. The van der Waals surface area contributed by atoms with E-state index in [0.717, 1.165) is 37.8 Å². The molecule has 1 N–H and O–H groups in total. The fourth-order valence-corrected chi connectivity index (χ4v) is 2.30. The summed E-state index contributed by atoms with van der Waals surface area (Å²) in [5.41, 5.74) is 2.38. The molecule has 1 aromatic rings. The van der Waals surface area contributed by atoms with Crippen LogP contribution in [0.4, 0.5) is 0 Å². The fraction of sp³-hybridized carbons (Fsp3) is 0.800. The first kappa shape index (κ1) is 15.1. The van der Waals surface area contributed by atoms with Crippen molar-refractivity contribution >= 4 is 0 Å². The lowest BCUT2D eigenvalue weighted by molar-refractivity contribution is 0.454. The van der Waals surface area contributed by atoms with Crippen LogP contribution >= 0.6 is 0 Å². The maximum Gasteiger partial charge on any atom is 0.267 e. The lowest BCUT2D eigenvalue weighted by Crippen LogP contribution is -2.13. The van der Waals surface area contributed by atoms with Gasteiger partial charge in [0.25, 0.3) is 5.56 Å². The molecule has 3 heteroatoms. The topological polar surface area (TPSA) is 37.8 Å². The molecule has 0 unspecified atom stereocenters. The average Bonchev–Trinajstić information content (AvgIpc) is 2.51. The summed E-state index contributed by atoms with van der Waals surface area (Å²) < 4.78 is 2.08. The smallest absolute Gasteiger partial charge is 0.267 e. The summed E-state index contributed by atoms with van der Waals surface area (Å²) in [6.07, 6.45) is 4.14. The molecule has 1 heterocycles. The van der Waals surface area contributed by atoms with Crippen LogP contribution in [0.5, 0.6) is 0 Å². The maximum absolute atomic E-state index is 12.1. The minimum atomic E-state index is 0.125. The Labute approximate surface area is 111 Å². The van der Waals surface area contributed by atoms with E-state index in [1.54, 1.807) is 0 Å². The molecule has 0 fully saturated rings. The summed E-state index contributed by atoms with van der Waals surface area (Å²) in [5.74, 6) is 1.14. The van der Waals surface area contributed by atoms with Crippen molar-refractivity contribution in [1.82, 2.24) is 9.78 Å². The van der Waals surface area contributed by atoms with E-state index in [1.165, 1.54) is 5.69 Å². The minimum Gasteiger partial charge on any atom is -0.289 e. The van der Waals surface area contributed by atoms with Crippen LogP contribution in [0.3, 0.4) is 0 Å². The number of nitrogens with zero attached hydrogens (tertiary/aromatic N) is 1. The van der Waals surface area contributed by atoms with Gasteiger partial charge in [-0.25, -0.2) is 0 Å². The van der Waals surface area contributed by atoms with E-state index >= 15 is 0 Å². The predicted octanol–water partition coefficient (Wildman–Crippen LogP) is 3.37. The van der Waals surface area contributed by atoms with Crippen molar-refractivity contribution < 1.29 is 0 Å². The third-order valence-electron chi connectivity index (χ3n) is 3.11. The molecule has 0 amide bonds. The predicted molar refractivity (Wildman–Crippen MR) is 77.0 cm³/mol. The average molecular weight is 252 g/mol. The number of hydrogen-bond acceptors (Lipinski definition) is 1. The number of unbranched alkanes of at least 4 members (excludes halogenated alkanes) is 1. The van der Waals surface area contributed by atoms with Crippen molar-refractivity contribution in [2.45, 2.75) is 66.8 Å². The highest BCUT2D eigenvalue weighted by Gasteiger charge is 2.15. The Bertz CT molecular complexity index is 413. The van der Waals surface area contributed by atoms with Crippen LogP contribution in [0.2, 0.25) is 0 Å². The first-order valence-electron chi connectivity index (χ1n) is 7.26. The number of hydrogen-bond donors (Lipinski definition) is 1. The summed E-state index contributed by atoms with van der Waals surface area (Å²) in [4.78, 5) is 12.1. The van der Waals surface area contributed by atoms with Crippen LogP contribution in [0, 0.1) is 11.8 Å². The molecule has 0 atom stereocenters. The van der Waals surface area contributed by atoms with Gasteiger partial charge in [0, 0.05) is 17.8 Å². The SMILES string of the molecule is CCCCc1c(CC(C)C)n(CC(C)C)[nH]c1=O. The summed E-state index contributed by atoms with van der Waals surface area (Å²) >= 11 is 0. The Morgan fingerprint density at radius 2 is 1.83 bits per heavy atom. The molecule has 0 aromatic carbocycles. The number of rotatable bonds is 7. The van der Waals surface area contributed by atoms with E-state index in [2.05, 4.69) is 44.4 Å². The Balaban J connectivity index is 3.06. The summed E-state index contributed by atoms with van der Waals surface area (Å²) in [7, 11) is 0. The number of nitrogens with one attached hydrogen (secondary N) is 1. The van der Waals surface area contributed by atoms with Crippen molar-refractivity contribution in [2.24, 2.45) is 11.8 Å². The highest BCUT2D eigenvalue weighted by Crippen LogP contribution is 2.14. The zero-order valence-corrected chi connectivity index (χ0v) is 12.5. The molecule has 104 valence electrons. The van der Waals surface area contributed by atoms with Crippen LogP contribution in [0.25, 0.3) is 0 Å². The zero-order valence-electron chi connectivity index (χ0n) is 12.5. The minimum absolute atomic E-state index is 0.125. The first-order valence-corrected chi connectivity index (χ1v) is 7.26. The van der Waals surface area contributed by atoms with Gasteiger partial charge in [0.05, 0.1) is 0 Å². The molecule has 0 saturated heterocycles. The van der Waals surface area contributed by atoms with Crippen molar-refractivity contribution in [3.63, 3.8) is 0 Å². The van der Waals surface area contributed by atoms with Gasteiger partial charge in [-0.1, -0.05) is 41.0 Å². The Morgan fingerprint density at radius 1 is 1.17 bits per heavy atom. The van der Waals surface area contributed by atoms with Crippen LogP contribution < -0.4 is 5.56 Å². The van der Waals surface area contributed by atoms with Crippen LogP contribution in [0.15, 0.2) is 4.79 Å². The van der Waals surface area contributed by atoms with Gasteiger partial charge < -0.3 is 0 Å². The largest absolute Gasteiger partial charge is 0.289 e. The van der Waals surface area contributed by atoms with E-state index in [1.807, 2.05) is 0 Å². The van der Waals surface area contributed by atoms with Crippen molar-refractivity contribution in [1.29, 1.82) is 0 Å². The molecule has 0 bridgehead atoms. The third kappa shape index (κ3) is 4.04. The summed E-state index contributed by atoms with van der Waals surface area (Å²) in [6, 6.07) is 0. The first-order chi connectivity index (χ1) is 8.45. The highest BCUT2D eigenvalue weighted by molar-refractivity contribution is 5.19. The monoisotopic (exact) mass is 252 g/mol. The number of H-pyrrole nitrogens is 1. The maximum atomic E-state index is 12.1.